The van der Waals surface area contributed by atoms with Crippen LogP contribution in [0, 0.1) is 0 Å². The van der Waals surface area contributed by atoms with Crippen LogP contribution in [0.3, 0.4) is 0 Å². The van der Waals surface area contributed by atoms with Crippen LogP contribution in [0.1, 0.15) is 34.5 Å². The van der Waals surface area contributed by atoms with E-state index in [1.165, 1.54) is 31.2 Å². The van der Waals surface area contributed by atoms with E-state index in [1.807, 2.05) is 0 Å². The van der Waals surface area contributed by atoms with Gasteiger partial charge in [-0.2, -0.15) is 13.2 Å². The minimum absolute atomic E-state index is 0.135. The summed E-state index contributed by atoms with van der Waals surface area (Å²) in [7, 11) is 0. The number of carbonyl (C=O) groups excluding carboxylic acids is 3. The first kappa shape index (κ1) is 27.0. The van der Waals surface area contributed by atoms with E-state index >= 15 is 0 Å². The van der Waals surface area contributed by atoms with Crippen molar-refractivity contribution in [2.45, 2.75) is 25.2 Å². The Hall–Kier alpha value is -3.56. The highest BCUT2D eigenvalue weighted by Crippen LogP contribution is 2.34. The van der Waals surface area contributed by atoms with Crippen LogP contribution in [-0.4, -0.2) is 23.8 Å². The van der Waals surface area contributed by atoms with E-state index in [1.54, 1.807) is 30.3 Å². The van der Waals surface area contributed by atoms with Crippen LogP contribution >= 0.6 is 23.2 Å². The van der Waals surface area contributed by atoms with Crippen LogP contribution in [0.5, 0.6) is 0 Å². The van der Waals surface area contributed by atoms with Gasteiger partial charge in [0, 0.05) is 5.56 Å². The Morgan fingerprint density at radius 1 is 0.889 bits per heavy atom. The standard InChI is InChI=1S/C25H19Cl2F3N2O4/c1-14(31-22(33)17-9-5-6-10-18(17)26)24(35)36-21(15-7-3-2-4-8-15)23(34)32-20-13-16(25(28,29)30)11-12-19(20)27/h2-14,21H,1H3,(H,31,33)(H,32,34)/t14-,21+/m0/s1. The summed E-state index contributed by atoms with van der Waals surface area (Å²) < 4.78 is 44.7. The summed E-state index contributed by atoms with van der Waals surface area (Å²) in [5.74, 6) is -2.54. The third kappa shape index (κ3) is 6.77. The Kier molecular flexibility index (Phi) is 8.60. The van der Waals surface area contributed by atoms with Gasteiger partial charge in [-0.05, 0) is 37.3 Å². The van der Waals surface area contributed by atoms with Crippen LogP contribution in [0.4, 0.5) is 18.9 Å². The maximum Gasteiger partial charge on any atom is 0.416 e. The van der Waals surface area contributed by atoms with Crippen LogP contribution in [-0.2, 0) is 20.5 Å². The highest BCUT2D eigenvalue weighted by Gasteiger charge is 2.32. The Morgan fingerprint density at radius 2 is 1.53 bits per heavy atom. The molecular formula is C25H19Cl2F3N2O4. The highest BCUT2D eigenvalue weighted by atomic mass is 35.5. The first-order valence-electron chi connectivity index (χ1n) is 10.5. The summed E-state index contributed by atoms with van der Waals surface area (Å²) in [6.07, 6.45) is -6.21. The zero-order chi connectivity index (χ0) is 26.5. The topological polar surface area (TPSA) is 84.5 Å². The van der Waals surface area contributed by atoms with E-state index in [9.17, 15) is 27.6 Å². The van der Waals surface area contributed by atoms with E-state index < -0.39 is 41.7 Å². The molecule has 36 heavy (non-hydrogen) atoms. The first-order valence-corrected chi connectivity index (χ1v) is 11.2. The van der Waals surface area contributed by atoms with Crippen molar-refractivity contribution in [1.29, 1.82) is 0 Å². The average molecular weight is 539 g/mol. The molecular weight excluding hydrogens is 520 g/mol. The Balaban J connectivity index is 1.80. The molecule has 0 aromatic heterocycles. The molecule has 0 heterocycles. The molecule has 0 saturated heterocycles. The molecule has 6 nitrogen and oxygen atoms in total. The maximum atomic E-state index is 13.1. The van der Waals surface area contributed by atoms with Gasteiger partial charge in [0.25, 0.3) is 11.8 Å². The van der Waals surface area contributed by atoms with E-state index in [4.69, 9.17) is 27.9 Å². The molecule has 3 aromatic carbocycles. The van der Waals surface area contributed by atoms with Crippen LogP contribution in [0.15, 0.2) is 72.8 Å². The highest BCUT2D eigenvalue weighted by molar-refractivity contribution is 6.34. The third-order valence-corrected chi connectivity index (χ3v) is 5.60. The van der Waals surface area contributed by atoms with E-state index in [0.717, 1.165) is 12.1 Å². The quantitative estimate of drug-likeness (QED) is 0.358. The molecule has 0 radical (unpaired) electrons. The van der Waals surface area contributed by atoms with Gasteiger partial charge in [-0.3, -0.25) is 9.59 Å². The molecule has 188 valence electrons. The second-order valence-corrected chi connectivity index (χ2v) is 8.40. The van der Waals surface area contributed by atoms with Gasteiger partial charge >= 0.3 is 12.1 Å². The smallest absolute Gasteiger partial charge is 0.416 e. The molecule has 0 aliphatic carbocycles. The normalized spacial score (nSPS) is 12.8. The number of hydrogen-bond acceptors (Lipinski definition) is 4. The molecule has 2 atom stereocenters. The summed E-state index contributed by atoms with van der Waals surface area (Å²) in [4.78, 5) is 38.3. The van der Waals surface area contributed by atoms with Crippen molar-refractivity contribution in [2.75, 3.05) is 5.32 Å². The lowest BCUT2D eigenvalue weighted by Crippen LogP contribution is -2.41. The van der Waals surface area contributed by atoms with Gasteiger partial charge in [0.15, 0.2) is 0 Å². The van der Waals surface area contributed by atoms with Crippen molar-refractivity contribution < 1.29 is 32.3 Å². The van der Waals surface area contributed by atoms with Gasteiger partial charge in [-0.1, -0.05) is 65.7 Å². The van der Waals surface area contributed by atoms with Crippen molar-refractivity contribution in [3.8, 4) is 0 Å². The predicted octanol–water partition coefficient (Wildman–Crippen LogP) is 6.05. The summed E-state index contributed by atoms with van der Waals surface area (Å²) in [5.41, 5.74) is -0.952. The molecule has 0 saturated carbocycles. The molecule has 3 rings (SSSR count). The number of halogens is 5. The van der Waals surface area contributed by atoms with Crippen molar-refractivity contribution in [1.82, 2.24) is 5.32 Å². The molecule has 0 fully saturated rings. The fourth-order valence-electron chi connectivity index (χ4n) is 3.09. The molecule has 11 heteroatoms. The zero-order valence-electron chi connectivity index (χ0n) is 18.6. The Bertz CT molecular complexity index is 1270. The van der Waals surface area contributed by atoms with Gasteiger partial charge in [-0.25, -0.2) is 4.79 Å². The summed E-state index contributed by atoms with van der Waals surface area (Å²) in [6, 6.07) is 15.3. The lowest BCUT2D eigenvalue weighted by Gasteiger charge is -2.21. The Morgan fingerprint density at radius 3 is 2.17 bits per heavy atom. The fraction of sp³-hybridized carbons (Fsp3) is 0.160. The third-order valence-electron chi connectivity index (χ3n) is 4.95. The predicted molar refractivity (Wildman–Crippen MR) is 129 cm³/mol. The molecule has 2 N–H and O–H groups in total. The van der Waals surface area contributed by atoms with Crippen molar-refractivity contribution >= 4 is 46.7 Å². The van der Waals surface area contributed by atoms with Gasteiger partial charge in [-0.15, -0.1) is 0 Å². The van der Waals surface area contributed by atoms with E-state index in [-0.39, 0.29) is 26.9 Å². The number of hydrogen-bond donors (Lipinski definition) is 2. The van der Waals surface area contributed by atoms with Gasteiger partial charge in [0.05, 0.1) is 26.9 Å². The summed E-state index contributed by atoms with van der Waals surface area (Å²) >= 11 is 12.0. The number of carbonyl (C=O) groups is 3. The average Bonchev–Trinajstić information content (AvgIpc) is 2.83. The lowest BCUT2D eigenvalue weighted by molar-refractivity contribution is -0.156. The SMILES string of the molecule is C[C@H](NC(=O)c1ccccc1Cl)C(=O)O[C@@H](C(=O)Nc1cc(C(F)(F)F)ccc1Cl)c1ccccc1. The lowest BCUT2D eigenvalue weighted by atomic mass is 10.1. The van der Waals surface area contributed by atoms with Crippen molar-refractivity contribution in [2.24, 2.45) is 0 Å². The monoisotopic (exact) mass is 538 g/mol. The molecule has 0 spiro atoms. The maximum absolute atomic E-state index is 13.1. The summed E-state index contributed by atoms with van der Waals surface area (Å²) in [5, 5.41) is 4.76. The number of amides is 2. The summed E-state index contributed by atoms with van der Waals surface area (Å²) in [6.45, 7) is 1.35. The second-order valence-electron chi connectivity index (χ2n) is 7.58. The first-order chi connectivity index (χ1) is 17.0. The number of benzene rings is 3. The van der Waals surface area contributed by atoms with Crippen molar-refractivity contribution in [3.05, 3.63) is 99.5 Å². The minimum atomic E-state index is -4.66. The van der Waals surface area contributed by atoms with Gasteiger partial charge < -0.3 is 15.4 Å². The van der Waals surface area contributed by atoms with Crippen LogP contribution in [0.2, 0.25) is 10.0 Å². The van der Waals surface area contributed by atoms with Crippen molar-refractivity contribution in [3.63, 3.8) is 0 Å². The van der Waals surface area contributed by atoms with E-state index in [2.05, 4.69) is 10.6 Å². The molecule has 0 aliphatic rings. The molecule has 2 amide bonds. The molecule has 0 bridgehead atoms. The largest absolute Gasteiger partial charge is 0.446 e. The molecule has 0 aliphatic heterocycles. The number of esters is 1. The second kappa shape index (κ2) is 11.5. The zero-order valence-corrected chi connectivity index (χ0v) is 20.1. The fourth-order valence-corrected chi connectivity index (χ4v) is 3.48. The van der Waals surface area contributed by atoms with E-state index in [0.29, 0.717) is 6.07 Å². The van der Waals surface area contributed by atoms with Gasteiger partial charge in [0.2, 0.25) is 6.10 Å². The number of anilines is 1. The number of ether oxygens (including phenoxy) is 1. The number of alkyl halides is 3. The molecule has 3 aromatic rings. The van der Waals surface area contributed by atoms with Gasteiger partial charge in [0.1, 0.15) is 6.04 Å². The van der Waals surface area contributed by atoms with Crippen LogP contribution in [0.25, 0.3) is 0 Å². The number of nitrogens with one attached hydrogen (secondary N) is 2. The Labute approximate surface area is 214 Å². The number of rotatable bonds is 7. The minimum Gasteiger partial charge on any atom is -0.446 e. The molecule has 0 unspecified atom stereocenters. The van der Waals surface area contributed by atoms with Crippen LogP contribution < -0.4 is 10.6 Å².